The van der Waals surface area contributed by atoms with E-state index in [0.29, 0.717) is 35.7 Å². The number of imidazole rings is 1. The lowest BCUT2D eigenvalue weighted by Crippen LogP contribution is -2.24. The fourth-order valence-corrected chi connectivity index (χ4v) is 3.48. The molecule has 0 saturated heterocycles. The number of fused-ring (bicyclic) bond motifs is 1. The lowest BCUT2D eigenvalue weighted by molar-refractivity contribution is 0.102. The van der Waals surface area contributed by atoms with Gasteiger partial charge in [-0.25, -0.2) is 9.78 Å². The number of nitrogen functional groups attached to an aromatic ring is 1. The fourth-order valence-electron chi connectivity index (χ4n) is 3.48. The molecule has 152 valence electrons. The molecule has 1 amide bonds. The second-order valence-electron chi connectivity index (χ2n) is 7.10. The van der Waals surface area contributed by atoms with E-state index >= 15 is 0 Å². The Kier molecular flexibility index (Phi) is 5.34. The Hall–Kier alpha value is -3.87. The third-order valence-corrected chi connectivity index (χ3v) is 4.99. The lowest BCUT2D eigenvalue weighted by Gasteiger charge is -2.09. The molecule has 0 saturated carbocycles. The van der Waals surface area contributed by atoms with Crippen LogP contribution >= 0.6 is 0 Å². The number of nitrogens with two attached hydrogens (primary N) is 1. The Bertz CT molecular complexity index is 1250. The molecule has 7 heteroatoms. The summed E-state index contributed by atoms with van der Waals surface area (Å²) >= 11 is 0. The van der Waals surface area contributed by atoms with Gasteiger partial charge in [0.15, 0.2) is 5.65 Å². The van der Waals surface area contributed by atoms with Gasteiger partial charge in [0.1, 0.15) is 0 Å². The van der Waals surface area contributed by atoms with Gasteiger partial charge in [-0.2, -0.15) is 0 Å². The Morgan fingerprint density at radius 2 is 1.80 bits per heavy atom. The highest BCUT2D eigenvalue weighted by Crippen LogP contribution is 2.18. The molecule has 2 aromatic heterocycles. The number of hydrogen-bond acceptors (Lipinski definition) is 4. The topological polar surface area (TPSA) is 94.9 Å². The Balaban J connectivity index is 1.57. The maximum Gasteiger partial charge on any atom is 0.330 e. The van der Waals surface area contributed by atoms with Crippen LogP contribution in [0.15, 0.2) is 71.7 Å². The number of hydrogen-bond donors (Lipinski definition) is 2. The van der Waals surface area contributed by atoms with Crippen LogP contribution in [0, 0.1) is 0 Å². The monoisotopic (exact) mass is 401 g/mol. The number of nitrogens with one attached hydrogen (secondary N) is 1. The predicted octanol–water partition coefficient (Wildman–Crippen LogP) is 3.49. The van der Waals surface area contributed by atoms with E-state index in [4.69, 9.17) is 5.73 Å². The van der Waals surface area contributed by atoms with Crippen LogP contribution < -0.4 is 16.7 Å². The highest BCUT2D eigenvalue weighted by atomic mass is 16.2. The first-order chi connectivity index (χ1) is 14.6. The Labute approximate surface area is 173 Å². The highest BCUT2D eigenvalue weighted by molar-refractivity contribution is 6.05. The molecular weight excluding hydrogens is 378 g/mol. The van der Waals surface area contributed by atoms with E-state index in [1.807, 2.05) is 43.3 Å². The molecule has 0 fully saturated rings. The van der Waals surface area contributed by atoms with Crippen molar-refractivity contribution in [1.82, 2.24) is 14.1 Å². The molecule has 4 rings (SSSR count). The molecule has 0 aliphatic heterocycles. The molecule has 0 aliphatic carbocycles. The van der Waals surface area contributed by atoms with Gasteiger partial charge >= 0.3 is 5.69 Å². The van der Waals surface area contributed by atoms with E-state index in [1.165, 1.54) is 0 Å². The molecule has 4 aromatic rings. The third-order valence-electron chi connectivity index (χ3n) is 4.99. The van der Waals surface area contributed by atoms with Gasteiger partial charge in [-0.15, -0.1) is 0 Å². The van der Waals surface area contributed by atoms with Crippen molar-refractivity contribution < 1.29 is 4.79 Å². The van der Waals surface area contributed by atoms with Gasteiger partial charge in [-0.05, 0) is 48.4 Å². The van der Waals surface area contributed by atoms with Crippen LogP contribution in [-0.4, -0.2) is 20.0 Å². The van der Waals surface area contributed by atoms with Crippen LogP contribution in [0.1, 0.15) is 29.3 Å². The summed E-state index contributed by atoms with van der Waals surface area (Å²) in [6, 6.07) is 18.1. The van der Waals surface area contributed by atoms with Crippen LogP contribution in [0.25, 0.3) is 11.2 Å². The molecule has 0 aliphatic rings. The number of para-hydroxylation sites is 2. The summed E-state index contributed by atoms with van der Waals surface area (Å²) < 4.78 is 3.43. The van der Waals surface area contributed by atoms with Crippen molar-refractivity contribution >= 4 is 28.4 Å². The van der Waals surface area contributed by atoms with E-state index in [9.17, 15) is 9.59 Å². The van der Waals surface area contributed by atoms with E-state index in [0.717, 1.165) is 17.5 Å². The average molecular weight is 401 g/mol. The Morgan fingerprint density at radius 1 is 1.03 bits per heavy atom. The maximum absolute atomic E-state index is 12.9. The number of aryl methyl sites for hydroxylation is 1. The number of amides is 1. The molecule has 0 radical (unpaired) electrons. The lowest BCUT2D eigenvalue weighted by atomic mass is 10.1. The maximum atomic E-state index is 12.9. The van der Waals surface area contributed by atoms with Crippen LogP contribution in [0.3, 0.4) is 0 Å². The summed E-state index contributed by atoms with van der Waals surface area (Å²) in [5, 5.41) is 2.81. The van der Waals surface area contributed by atoms with Gasteiger partial charge < -0.3 is 11.1 Å². The minimum atomic E-state index is -0.238. The first-order valence-corrected chi connectivity index (χ1v) is 9.87. The number of benzene rings is 2. The molecule has 7 nitrogen and oxygen atoms in total. The van der Waals surface area contributed by atoms with E-state index in [1.54, 1.807) is 39.6 Å². The van der Waals surface area contributed by atoms with Gasteiger partial charge in [0, 0.05) is 18.3 Å². The van der Waals surface area contributed by atoms with E-state index in [2.05, 4.69) is 10.3 Å². The summed E-state index contributed by atoms with van der Waals surface area (Å²) in [5.74, 6) is -0.238. The number of carbonyl (C=O) groups is 1. The Morgan fingerprint density at radius 3 is 2.53 bits per heavy atom. The van der Waals surface area contributed by atoms with E-state index < -0.39 is 0 Å². The molecule has 2 heterocycles. The van der Waals surface area contributed by atoms with Gasteiger partial charge in [-0.1, -0.05) is 31.2 Å². The second-order valence-corrected chi connectivity index (χ2v) is 7.10. The normalized spacial score (nSPS) is 11.0. The number of carbonyl (C=O) groups excluding carboxylic acids is 1. The van der Waals surface area contributed by atoms with Gasteiger partial charge in [0.2, 0.25) is 0 Å². The smallest absolute Gasteiger partial charge is 0.330 e. The first kappa shape index (κ1) is 19.4. The summed E-state index contributed by atoms with van der Waals surface area (Å²) in [5.41, 5.74) is 9.82. The minimum absolute atomic E-state index is 0.0769. The number of rotatable bonds is 6. The number of nitrogens with zero attached hydrogens (tertiary/aromatic N) is 3. The van der Waals surface area contributed by atoms with Gasteiger partial charge in [0.25, 0.3) is 5.91 Å². The van der Waals surface area contributed by atoms with Crippen molar-refractivity contribution in [2.45, 2.75) is 26.4 Å². The zero-order valence-corrected chi connectivity index (χ0v) is 16.7. The average Bonchev–Trinajstić information content (AvgIpc) is 3.02. The largest absolute Gasteiger partial charge is 0.397 e. The van der Waals surface area contributed by atoms with Gasteiger partial charge in [-0.3, -0.25) is 13.9 Å². The summed E-state index contributed by atoms with van der Waals surface area (Å²) in [6.45, 7) is 3.07. The van der Waals surface area contributed by atoms with Crippen LogP contribution in [0.4, 0.5) is 11.4 Å². The molecule has 3 N–H and O–H groups in total. The summed E-state index contributed by atoms with van der Waals surface area (Å²) in [4.78, 5) is 29.8. The quantitative estimate of drug-likeness (QED) is 0.484. The molecule has 0 atom stereocenters. The van der Waals surface area contributed by atoms with Crippen molar-refractivity contribution in [1.29, 1.82) is 0 Å². The van der Waals surface area contributed by atoms with Crippen molar-refractivity contribution in [2.75, 3.05) is 11.1 Å². The van der Waals surface area contributed by atoms with Crippen molar-refractivity contribution in [3.8, 4) is 0 Å². The molecule has 2 aromatic carbocycles. The fraction of sp³-hybridized carbons (Fsp3) is 0.174. The number of pyridine rings is 1. The molecular formula is C23H23N5O2. The zero-order chi connectivity index (χ0) is 21.1. The molecule has 0 bridgehead atoms. The van der Waals surface area contributed by atoms with Crippen molar-refractivity contribution in [2.24, 2.45) is 0 Å². The predicted molar refractivity (Wildman–Crippen MR) is 119 cm³/mol. The summed E-state index contributed by atoms with van der Waals surface area (Å²) in [6.07, 6.45) is 2.56. The van der Waals surface area contributed by atoms with Crippen LogP contribution in [0.5, 0.6) is 0 Å². The molecule has 0 spiro atoms. The zero-order valence-electron chi connectivity index (χ0n) is 16.7. The molecule has 0 unspecified atom stereocenters. The van der Waals surface area contributed by atoms with Crippen LogP contribution in [-0.2, 0) is 13.1 Å². The van der Waals surface area contributed by atoms with Crippen molar-refractivity contribution in [3.63, 3.8) is 0 Å². The van der Waals surface area contributed by atoms with E-state index in [-0.39, 0.29) is 11.6 Å². The number of aromatic nitrogens is 3. The number of anilines is 2. The standard InChI is InChI=1S/C23H23N5O2/c1-2-14-27-20-8-5-13-25-21(20)28(23(27)30)15-16-9-11-17(12-10-16)22(29)26-19-7-4-3-6-18(19)24/h3-13H,2,14-15,24H2,1H3,(H,26,29). The van der Waals surface area contributed by atoms with Crippen molar-refractivity contribution in [3.05, 3.63) is 88.5 Å². The second kappa shape index (κ2) is 8.24. The summed E-state index contributed by atoms with van der Waals surface area (Å²) in [7, 11) is 0. The van der Waals surface area contributed by atoms with Crippen LogP contribution in [0.2, 0.25) is 0 Å². The third kappa shape index (κ3) is 3.69. The first-order valence-electron chi connectivity index (χ1n) is 9.87. The molecule has 30 heavy (non-hydrogen) atoms. The SMILES string of the molecule is CCCn1c(=O)n(Cc2ccc(C(=O)Nc3ccccc3N)cc2)c2ncccc21. The minimum Gasteiger partial charge on any atom is -0.397 e. The van der Waals surface area contributed by atoms with Gasteiger partial charge in [0.05, 0.1) is 23.4 Å². The highest BCUT2D eigenvalue weighted by Gasteiger charge is 2.14.